The molecule has 3 aliphatic heterocycles. The molecule has 5 heteroatoms. The van der Waals surface area contributed by atoms with Crippen LogP contribution in [0.1, 0.15) is 44.9 Å². The van der Waals surface area contributed by atoms with Crippen molar-refractivity contribution in [2.45, 2.75) is 62.6 Å². The van der Waals surface area contributed by atoms with E-state index >= 15 is 0 Å². The van der Waals surface area contributed by atoms with Gasteiger partial charge in [0.2, 0.25) is 5.91 Å². The van der Waals surface area contributed by atoms with Gasteiger partial charge in [-0.25, -0.2) is 0 Å². The molecule has 0 bridgehead atoms. The lowest BCUT2D eigenvalue weighted by Gasteiger charge is -2.55. The van der Waals surface area contributed by atoms with Crippen LogP contribution in [0, 0.1) is 5.92 Å². The van der Waals surface area contributed by atoms with E-state index in [4.69, 9.17) is 5.73 Å². The summed E-state index contributed by atoms with van der Waals surface area (Å²) in [7, 11) is 0. The van der Waals surface area contributed by atoms with Crippen molar-refractivity contribution in [2.75, 3.05) is 26.2 Å². The lowest BCUT2D eigenvalue weighted by molar-refractivity contribution is -0.143. The number of carbonyl (C=O) groups is 1. The Morgan fingerprint density at radius 3 is 2.82 bits per heavy atom. The molecule has 0 radical (unpaired) electrons. The van der Waals surface area contributed by atoms with Crippen molar-refractivity contribution in [2.24, 2.45) is 16.6 Å². The molecule has 1 amide bonds. The number of nitrogens with zero attached hydrogens (tertiary/aromatic N) is 3. The second-order valence-corrected chi connectivity index (χ2v) is 7.59. The Bertz CT molecular complexity index is 473. The fourth-order valence-electron chi connectivity index (χ4n) is 5.47. The Morgan fingerprint density at radius 2 is 2.05 bits per heavy atom. The van der Waals surface area contributed by atoms with E-state index in [1.54, 1.807) is 0 Å². The van der Waals surface area contributed by atoms with Crippen LogP contribution in [0.25, 0.3) is 0 Å². The van der Waals surface area contributed by atoms with E-state index in [1.165, 1.54) is 25.7 Å². The molecule has 3 heterocycles. The molecule has 0 aromatic rings. The first kappa shape index (κ1) is 14.6. The maximum atomic E-state index is 12.6. The molecule has 0 aromatic heterocycles. The van der Waals surface area contributed by atoms with Crippen molar-refractivity contribution in [3.63, 3.8) is 0 Å². The van der Waals surface area contributed by atoms with E-state index in [1.807, 2.05) is 0 Å². The Balaban J connectivity index is 1.65. The summed E-state index contributed by atoms with van der Waals surface area (Å²) in [6.45, 7) is 3.26. The van der Waals surface area contributed by atoms with Gasteiger partial charge in [0.05, 0.1) is 13.1 Å². The van der Waals surface area contributed by atoms with Gasteiger partial charge in [0, 0.05) is 43.3 Å². The first-order valence-electron chi connectivity index (χ1n) is 9.00. The number of piperazine rings is 1. The van der Waals surface area contributed by atoms with Gasteiger partial charge < -0.3 is 10.6 Å². The van der Waals surface area contributed by atoms with E-state index in [9.17, 15) is 4.79 Å². The Kier molecular flexibility index (Phi) is 3.73. The predicted octanol–water partition coefficient (Wildman–Crippen LogP) is 1.02. The van der Waals surface area contributed by atoms with Crippen LogP contribution in [0.15, 0.2) is 4.99 Å². The standard InChI is InChI=1S/C17H28N4O/c18-15-10-19-8-7-17(15,13-4-1-2-5-13)20-11-14-6-3-9-21(14)16(22)12-20/h8,13-15H,1-7,9-12,18H2. The molecule has 1 saturated carbocycles. The molecule has 4 rings (SSSR count). The summed E-state index contributed by atoms with van der Waals surface area (Å²) in [6.07, 6.45) is 10.5. The van der Waals surface area contributed by atoms with Crippen LogP contribution in [0.4, 0.5) is 0 Å². The van der Waals surface area contributed by atoms with Crippen molar-refractivity contribution in [1.82, 2.24) is 9.80 Å². The first-order valence-corrected chi connectivity index (χ1v) is 9.00. The minimum absolute atomic E-state index is 0.0252. The molecule has 122 valence electrons. The third-order valence-electron chi connectivity index (χ3n) is 6.60. The summed E-state index contributed by atoms with van der Waals surface area (Å²) >= 11 is 0. The van der Waals surface area contributed by atoms with Crippen LogP contribution < -0.4 is 5.73 Å². The zero-order valence-corrected chi connectivity index (χ0v) is 13.4. The lowest BCUT2D eigenvalue weighted by atomic mass is 9.71. The SMILES string of the molecule is NC1CN=CCC1(C1CCCC1)N1CC(=O)N2CCCC2C1. The minimum Gasteiger partial charge on any atom is -0.337 e. The van der Waals surface area contributed by atoms with Crippen LogP contribution in [0.3, 0.4) is 0 Å². The number of nitrogens with two attached hydrogens (primary N) is 1. The highest BCUT2D eigenvalue weighted by atomic mass is 16.2. The second-order valence-electron chi connectivity index (χ2n) is 7.59. The average molecular weight is 304 g/mol. The van der Waals surface area contributed by atoms with Crippen LogP contribution in [-0.4, -0.2) is 65.7 Å². The highest BCUT2D eigenvalue weighted by Crippen LogP contribution is 2.44. The smallest absolute Gasteiger partial charge is 0.237 e. The van der Waals surface area contributed by atoms with Crippen LogP contribution in [0.5, 0.6) is 0 Å². The lowest BCUT2D eigenvalue weighted by Crippen LogP contribution is -2.71. The van der Waals surface area contributed by atoms with Gasteiger partial charge in [-0.15, -0.1) is 0 Å². The van der Waals surface area contributed by atoms with Gasteiger partial charge in [0.15, 0.2) is 0 Å². The molecule has 3 atom stereocenters. The predicted molar refractivity (Wildman–Crippen MR) is 86.9 cm³/mol. The van der Waals surface area contributed by atoms with Crippen LogP contribution >= 0.6 is 0 Å². The fourth-order valence-corrected chi connectivity index (χ4v) is 5.47. The maximum absolute atomic E-state index is 12.6. The molecular formula is C17H28N4O. The van der Waals surface area contributed by atoms with Crippen molar-refractivity contribution in [3.05, 3.63) is 0 Å². The molecular weight excluding hydrogens is 276 g/mol. The van der Waals surface area contributed by atoms with Crippen LogP contribution in [-0.2, 0) is 4.79 Å². The van der Waals surface area contributed by atoms with Gasteiger partial charge >= 0.3 is 0 Å². The molecule has 2 saturated heterocycles. The van der Waals surface area contributed by atoms with E-state index in [0.29, 0.717) is 24.4 Å². The molecule has 0 aromatic carbocycles. The van der Waals surface area contributed by atoms with Crippen molar-refractivity contribution >= 4 is 12.1 Å². The van der Waals surface area contributed by atoms with Crippen molar-refractivity contribution in [1.29, 1.82) is 0 Å². The first-order chi connectivity index (χ1) is 10.7. The fraction of sp³-hybridized carbons (Fsp3) is 0.882. The second kappa shape index (κ2) is 5.60. The molecule has 4 aliphatic rings. The van der Waals surface area contributed by atoms with E-state index < -0.39 is 0 Å². The van der Waals surface area contributed by atoms with Gasteiger partial charge in [0.25, 0.3) is 0 Å². The maximum Gasteiger partial charge on any atom is 0.237 e. The van der Waals surface area contributed by atoms with Gasteiger partial charge in [-0.05, 0) is 31.6 Å². The number of hydrogen-bond acceptors (Lipinski definition) is 4. The quantitative estimate of drug-likeness (QED) is 0.828. The normalized spacial score (nSPS) is 40.4. The molecule has 22 heavy (non-hydrogen) atoms. The summed E-state index contributed by atoms with van der Waals surface area (Å²) in [5, 5.41) is 0. The molecule has 0 spiro atoms. The van der Waals surface area contributed by atoms with Gasteiger partial charge in [0.1, 0.15) is 0 Å². The molecule has 3 unspecified atom stereocenters. The van der Waals surface area contributed by atoms with Crippen molar-refractivity contribution < 1.29 is 4.79 Å². The Morgan fingerprint density at radius 1 is 1.23 bits per heavy atom. The Hall–Kier alpha value is -0.940. The number of rotatable bonds is 2. The Labute approximate surface area is 132 Å². The van der Waals surface area contributed by atoms with Gasteiger partial charge in [-0.1, -0.05) is 12.8 Å². The summed E-state index contributed by atoms with van der Waals surface area (Å²) in [4.78, 5) is 21.6. The van der Waals surface area contributed by atoms with E-state index in [0.717, 1.165) is 38.9 Å². The van der Waals surface area contributed by atoms with Crippen molar-refractivity contribution in [3.8, 4) is 0 Å². The zero-order valence-electron chi connectivity index (χ0n) is 13.4. The van der Waals surface area contributed by atoms with E-state index in [-0.39, 0.29) is 11.6 Å². The highest BCUT2D eigenvalue weighted by molar-refractivity contribution is 5.80. The largest absolute Gasteiger partial charge is 0.337 e. The third kappa shape index (κ3) is 2.13. The summed E-state index contributed by atoms with van der Waals surface area (Å²) in [6, 6.07) is 0.493. The summed E-state index contributed by atoms with van der Waals surface area (Å²) in [5.41, 5.74) is 6.60. The molecule has 3 fully saturated rings. The molecule has 2 N–H and O–H groups in total. The summed E-state index contributed by atoms with van der Waals surface area (Å²) in [5.74, 6) is 0.954. The third-order valence-corrected chi connectivity index (χ3v) is 6.60. The van der Waals surface area contributed by atoms with Gasteiger partial charge in [-0.2, -0.15) is 0 Å². The van der Waals surface area contributed by atoms with Crippen LogP contribution in [0.2, 0.25) is 0 Å². The molecule has 5 nitrogen and oxygen atoms in total. The van der Waals surface area contributed by atoms with E-state index in [2.05, 4.69) is 21.0 Å². The monoisotopic (exact) mass is 304 g/mol. The topological polar surface area (TPSA) is 61.9 Å². The average Bonchev–Trinajstić information content (AvgIpc) is 3.19. The number of carbonyl (C=O) groups excluding carboxylic acids is 1. The van der Waals surface area contributed by atoms with Gasteiger partial charge in [-0.3, -0.25) is 14.7 Å². The highest BCUT2D eigenvalue weighted by Gasteiger charge is 2.52. The zero-order chi connectivity index (χ0) is 15.2. The minimum atomic E-state index is -0.0252. The number of hydrogen-bond donors (Lipinski definition) is 1. The number of aliphatic imine (C=N–C) groups is 1. The number of fused-ring (bicyclic) bond motifs is 1. The summed E-state index contributed by atoms with van der Waals surface area (Å²) < 4.78 is 0. The number of amides is 1. The molecule has 1 aliphatic carbocycles.